The van der Waals surface area contributed by atoms with Gasteiger partial charge in [0.15, 0.2) is 18.2 Å². The summed E-state index contributed by atoms with van der Waals surface area (Å²) in [5.41, 5.74) is 4.35. The molecule has 7 nitrogen and oxygen atoms in total. The molecule has 2 aromatic carbocycles. The first-order chi connectivity index (χ1) is 15.0. The molecule has 2 aromatic heterocycles. The van der Waals surface area contributed by atoms with Crippen molar-refractivity contribution in [2.45, 2.75) is 20.8 Å². The second-order valence-electron chi connectivity index (χ2n) is 7.36. The lowest BCUT2D eigenvalue weighted by Gasteiger charge is -2.13. The molecule has 0 unspecified atom stereocenters. The highest BCUT2D eigenvalue weighted by molar-refractivity contribution is 5.93. The number of hydrogen-bond acceptors (Lipinski definition) is 5. The minimum absolute atomic E-state index is 0.192. The van der Waals surface area contributed by atoms with Crippen LogP contribution in [0.15, 0.2) is 54.7 Å². The van der Waals surface area contributed by atoms with Gasteiger partial charge in [-0.05, 0) is 56.2 Å². The van der Waals surface area contributed by atoms with Crippen LogP contribution >= 0.6 is 0 Å². The van der Waals surface area contributed by atoms with E-state index in [2.05, 4.69) is 35.5 Å². The Morgan fingerprint density at radius 2 is 1.90 bits per heavy atom. The molecule has 7 heteroatoms. The molecule has 0 saturated heterocycles. The third-order valence-electron chi connectivity index (χ3n) is 4.92. The van der Waals surface area contributed by atoms with Crippen LogP contribution in [0.3, 0.4) is 0 Å². The quantitative estimate of drug-likeness (QED) is 0.530. The van der Waals surface area contributed by atoms with Gasteiger partial charge in [-0.2, -0.15) is 15.0 Å². The Labute approximate surface area is 179 Å². The lowest BCUT2D eigenvalue weighted by molar-refractivity contribution is -0.118. The monoisotopic (exact) mass is 411 g/mol. The van der Waals surface area contributed by atoms with Crippen LogP contribution in [0, 0.1) is 32.1 Å². The zero-order chi connectivity index (χ0) is 22.0. The number of para-hydroxylation sites is 1. The van der Waals surface area contributed by atoms with E-state index in [0.717, 1.165) is 22.0 Å². The third-order valence-corrected chi connectivity index (χ3v) is 4.92. The van der Waals surface area contributed by atoms with Gasteiger partial charge in [0.05, 0.1) is 11.7 Å². The number of nitriles is 1. The summed E-state index contributed by atoms with van der Waals surface area (Å²) in [7, 11) is 0. The molecule has 1 N–H and O–H groups in total. The van der Waals surface area contributed by atoms with Crippen LogP contribution in [0.2, 0.25) is 0 Å². The van der Waals surface area contributed by atoms with Gasteiger partial charge in [-0.3, -0.25) is 4.79 Å². The van der Waals surface area contributed by atoms with E-state index in [-0.39, 0.29) is 18.0 Å². The van der Waals surface area contributed by atoms with Crippen LogP contribution in [0.4, 0.5) is 5.82 Å². The average Bonchev–Trinajstić information content (AvgIpc) is 3.16. The minimum atomic E-state index is -0.397. The number of hydrogen-bond donors (Lipinski definition) is 1. The number of anilines is 1. The molecule has 0 aliphatic rings. The highest BCUT2D eigenvalue weighted by Crippen LogP contribution is 2.26. The standard InChI is InChI=1S/C24H21N5O2/c1-15-9-17(3)23-20(10-15)16(2)11-21(27-23)29-24(18(12-25)13-26-29)28-22(30)14-31-19-7-5-4-6-8-19/h4-11,13H,14H2,1-3H3,(H,28,30). The van der Waals surface area contributed by atoms with Gasteiger partial charge in [-0.15, -0.1) is 0 Å². The van der Waals surface area contributed by atoms with Crippen LogP contribution in [-0.2, 0) is 4.79 Å². The van der Waals surface area contributed by atoms with E-state index in [4.69, 9.17) is 9.72 Å². The molecule has 4 aromatic rings. The van der Waals surface area contributed by atoms with Crippen molar-refractivity contribution in [1.82, 2.24) is 14.8 Å². The summed E-state index contributed by atoms with van der Waals surface area (Å²) in [6, 6.07) is 17.2. The SMILES string of the molecule is Cc1cc(C)c2nc(-n3ncc(C#N)c3NC(=O)COc3ccccc3)cc(C)c2c1. The normalized spacial score (nSPS) is 10.6. The van der Waals surface area contributed by atoms with Crippen molar-refractivity contribution >= 4 is 22.6 Å². The summed E-state index contributed by atoms with van der Waals surface area (Å²) < 4.78 is 6.98. The first kappa shape index (κ1) is 20.1. The fourth-order valence-corrected chi connectivity index (χ4v) is 3.49. The number of nitrogens with zero attached hydrogens (tertiary/aromatic N) is 4. The summed E-state index contributed by atoms with van der Waals surface area (Å²) in [6.45, 7) is 5.88. The number of carbonyl (C=O) groups is 1. The molecule has 0 fully saturated rings. The minimum Gasteiger partial charge on any atom is -0.484 e. The van der Waals surface area contributed by atoms with Crippen molar-refractivity contribution in [3.8, 4) is 17.6 Å². The number of carbonyl (C=O) groups excluding carboxylic acids is 1. The van der Waals surface area contributed by atoms with E-state index < -0.39 is 5.91 Å². The summed E-state index contributed by atoms with van der Waals surface area (Å²) in [5.74, 6) is 0.980. The van der Waals surface area contributed by atoms with Gasteiger partial charge in [0.1, 0.15) is 17.4 Å². The second kappa shape index (κ2) is 8.28. The third kappa shape index (κ3) is 4.09. The van der Waals surface area contributed by atoms with Crippen molar-refractivity contribution in [2.24, 2.45) is 0 Å². The van der Waals surface area contributed by atoms with Crippen molar-refractivity contribution in [2.75, 3.05) is 11.9 Å². The van der Waals surface area contributed by atoms with E-state index >= 15 is 0 Å². The van der Waals surface area contributed by atoms with E-state index in [1.165, 1.54) is 16.4 Å². The molecule has 1 amide bonds. The van der Waals surface area contributed by atoms with E-state index in [0.29, 0.717) is 11.6 Å². The predicted octanol–water partition coefficient (Wildman–Crippen LogP) is 4.23. The number of fused-ring (bicyclic) bond motifs is 1. The van der Waals surface area contributed by atoms with Gasteiger partial charge >= 0.3 is 0 Å². The number of pyridine rings is 1. The molecule has 0 bridgehead atoms. The van der Waals surface area contributed by atoms with E-state index in [1.807, 2.05) is 38.1 Å². The molecule has 0 atom stereocenters. The summed E-state index contributed by atoms with van der Waals surface area (Å²) in [5, 5.41) is 17.6. The highest BCUT2D eigenvalue weighted by Gasteiger charge is 2.18. The lowest BCUT2D eigenvalue weighted by atomic mass is 10.0. The van der Waals surface area contributed by atoms with Crippen molar-refractivity contribution in [3.05, 3.63) is 77.0 Å². The van der Waals surface area contributed by atoms with E-state index in [1.54, 1.807) is 12.1 Å². The molecule has 0 aliphatic carbocycles. The Morgan fingerprint density at radius 3 is 2.65 bits per heavy atom. The van der Waals surface area contributed by atoms with Crippen LogP contribution in [-0.4, -0.2) is 27.3 Å². The first-order valence-corrected chi connectivity index (χ1v) is 9.81. The molecule has 31 heavy (non-hydrogen) atoms. The van der Waals surface area contributed by atoms with Crippen LogP contribution in [0.1, 0.15) is 22.3 Å². The van der Waals surface area contributed by atoms with Crippen LogP contribution < -0.4 is 10.1 Å². The Hall–Kier alpha value is -4.18. The Kier molecular flexibility index (Phi) is 5.37. The number of aromatic nitrogens is 3. The number of benzene rings is 2. The number of aryl methyl sites for hydroxylation is 3. The van der Waals surface area contributed by atoms with Crippen LogP contribution in [0.5, 0.6) is 5.75 Å². The molecule has 2 heterocycles. The zero-order valence-electron chi connectivity index (χ0n) is 17.5. The fraction of sp³-hybridized carbons (Fsp3) is 0.167. The molecular formula is C24H21N5O2. The summed E-state index contributed by atoms with van der Waals surface area (Å²) in [4.78, 5) is 17.3. The Bertz CT molecular complexity index is 1320. The maximum absolute atomic E-state index is 12.5. The molecule has 4 rings (SSSR count). The lowest BCUT2D eigenvalue weighted by Crippen LogP contribution is -2.22. The predicted molar refractivity (Wildman–Crippen MR) is 118 cm³/mol. The number of rotatable bonds is 5. The average molecular weight is 411 g/mol. The summed E-state index contributed by atoms with van der Waals surface area (Å²) in [6.07, 6.45) is 1.41. The second-order valence-corrected chi connectivity index (χ2v) is 7.36. The fourth-order valence-electron chi connectivity index (χ4n) is 3.49. The first-order valence-electron chi connectivity index (χ1n) is 9.81. The number of amides is 1. The van der Waals surface area contributed by atoms with Gasteiger partial charge in [-0.1, -0.05) is 29.8 Å². The van der Waals surface area contributed by atoms with Crippen molar-refractivity contribution in [3.63, 3.8) is 0 Å². The number of ether oxygens (including phenoxy) is 1. The van der Waals surface area contributed by atoms with Gasteiger partial charge < -0.3 is 10.1 Å². The number of nitrogens with one attached hydrogen (secondary N) is 1. The molecule has 0 spiro atoms. The van der Waals surface area contributed by atoms with Gasteiger partial charge in [0.25, 0.3) is 5.91 Å². The van der Waals surface area contributed by atoms with Crippen molar-refractivity contribution < 1.29 is 9.53 Å². The topological polar surface area (TPSA) is 92.8 Å². The molecular weight excluding hydrogens is 390 g/mol. The highest BCUT2D eigenvalue weighted by atomic mass is 16.5. The van der Waals surface area contributed by atoms with Crippen molar-refractivity contribution in [1.29, 1.82) is 5.26 Å². The maximum Gasteiger partial charge on any atom is 0.263 e. The molecule has 154 valence electrons. The molecule has 0 saturated carbocycles. The largest absolute Gasteiger partial charge is 0.484 e. The van der Waals surface area contributed by atoms with Gasteiger partial charge in [0, 0.05) is 5.39 Å². The Morgan fingerprint density at radius 1 is 1.13 bits per heavy atom. The van der Waals surface area contributed by atoms with E-state index in [9.17, 15) is 10.1 Å². The smallest absolute Gasteiger partial charge is 0.263 e. The maximum atomic E-state index is 12.5. The van der Waals surface area contributed by atoms with Gasteiger partial charge in [0.2, 0.25) is 0 Å². The summed E-state index contributed by atoms with van der Waals surface area (Å²) >= 11 is 0. The molecule has 0 radical (unpaired) electrons. The zero-order valence-corrected chi connectivity index (χ0v) is 17.5. The Balaban J connectivity index is 1.67. The molecule has 0 aliphatic heterocycles. The van der Waals surface area contributed by atoms with Gasteiger partial charge in [-0.25, -0.2) is 4.98 Å². The van der Waals surface area contributed by atoms with Crippen LogP contribution in [0.25, 0.3) is 16.7 Å².